The molecule has 0 atom stereocenters. The minimum Gasteiger partial charge on any atom is -0.334 e. The van der Waals surface area contributed by atoms with Crippen LogP contribution in [0.4, 0.5) is 4.79 Å². The van der Waals surface area contributed by atoms with Gasteiger partial charge in [0.2, 0.25) is 4.80 Å². The summed E-state index contributed by atoms with van der Waals surface area (Å²) in [5.41, 5.74) is 3.73. The zero-order valence-electron chi connectivity index (χ0n) is 12.1. The maximum atomic E-state index is 11.9. The number of carbonyl (C=O) groups is 1. The average molecular weight is 304 g/mol. The molecule has 1 heterocycles. The minimum absolute atomic E-state index is 0.209. The van der Waals surface area contributed by atoms with Crippen molar-refractivity contribution < 1.29 is 4.79 Å². The molecule has 112 valence electrons. The molecule has 1 aromatic heterocycles. The Morgan fingerprint density at radius 2 is 2.05 bits per heavy atom. The molecule has 0 bridgehead atoms. The van der Waals surface area contributed by atoms with Gasteiger partial charge < -0.3 is 9.88 Å². The summed E-state index contributed by atoms with van der Waals surface area (Å²) in [4.78, 5) is 12.7. The van der Waals surface area contributed by atoms with Crippen LogP contribution in [0.25, 0.3) is 10.2 Å². The van der Waals surface area contributed by atoms with E-state index in [4.69, 9.17) is 0 Å². The van der Waals surface area contributed by atoms with Gasteiger partial charge in [0.05, 0.1) is 10.2 Å². The summed E-state index contributed by atoms with van der Waals surface area (Å²) in [5.74, 6) is 0. The van der Waals surface area contributed by atoms with E-state index in [-0.39, 0.29) is 6.03 Å². The number of rotatable bonds is 2. The highest BCUT2D eigenvalue weighted by Crippen LogP contribution is 2.17. The maximum Gasteiger partial charge on any atom is 0.335 e. The monoisotopic (exact) mass is 304 g/mol. The fourth-order valence-corrected chi connectivity index (χ4v) is 3.73. The summed E-state index contributed by atoms with van der Waals surface area (Å²) in [6, 6.07) is 8.20. The van der Waals surface area contributed by atoms with Gasteiger partial charge in [0, 0.05) is 13.1 Å². The Balaban J connectivity index is 1.69. The molecule has 1 aliphatic carbocycles. The molecule has 3 rings (SSSR count). The number of urea groups is 1. The number of nitrogens with one attached hydrogen (secondary N) is 2. The highest BCUT2D eigenvalue weighted by Gasteiger charge is 2.15. The van der Waals surface area contributed by atoms with Crippen LogP contribution in [0, 0.1) is 0 Å². The molecular weight excluding hydrogens is 284 g/mol. The van der Waals surface area contributed by atoms with Gasteiger partial charge in [0.25, 0.3) is 0 Å². The molecule has 0 radical (unpaired) electrons. The topological polar surface area (TPSA) is 58.4 Å². The number of fused-ring (bicyclic) bond motifs is 1. The second-order valence-corrected chi connectivity index (χ2v) is 6.45. The molecule has 21 heavy (non-hydrogen) atoms. The molecule has 1 saturated carbocycles. The smallest absolute Gasteiger partial charge is 0.334 e. The van der Waals surface area contributed by atoms with Crippen LogP contribution in [0.3, 0.4) is 0 Å². The van der Waals surface area contributed by atoms with Crippen molar-refractivity contribution in [3.63, 3.8) is 0 Å². The van der Waals surface area contributed by atoms with Crippen molar-refractivity contribution in [1.29, 1.82) is 0 Å². The molecule has 0 aliphatic heterocycles. The highest BCUT2D eigenvalue weighted by molar-refractivity contribution is 7.16. The van der Waals surface area contributed by atoms with E-state index in [2.05, 4.69) is 21.9 Å². The third-order valence-corrected chi connectivity index (χ3v) is 5.02. The van der Waals surface area contributed by atoms with Gasteiger partial charge in [-0.15, -0.1) is 5.10 Å². The van der Waals surface area contributed by atoms with Crippen molar-refractivity contribution in [3.8, 4) is 0 Å². The van der Waals surface area contributed by atoms with Crippen LogP contribution in [-0.4, -0.2) is 16.6 Å². The Kier molecular flexibility index (Phi) is 4.24. The first-order chi connectivity index (χ1) is 10.2. The number of thiazole rings is 1. The van der Waals surface area contributed by atoms with Crippen LogP contribution in [0.5, 0.6) is 0 Å². The molecule has 0 spiro atoms. The lowest BCUT2D eigenvalue weighted by molar-refractivity contribution is 0.232. The fraction of sp³-hybridized carbons (Fsp3) is 0.467. The Bertz CT molecular complexity index is 697. The van der Waals surface area contributed by atoms with E-state index in [1.54, 1.807) is 11.3 Å². The van der Waals surface area contributed by atoms with E-state index in [1.165, 1.54) is 19.3 Å². The zero-order chi connectivity index (χ0) is 14.7. The van der Waals surface area contributed by atoms with Crippen molar-refractivity contribution in [2.24, 2.45) is 12.1 Å². The molecule has 1 aliphatic rings. The van der Waals surface area contributed by atoms with Crippen LogP contribution >= 0.6 is 11.3 Å². The van der Waals surface area contributed by atoms with Crippen LogP contribution in [-0.2, 0) is 7.05 Å². The molecule has 2 aromatic rings. The van der Waals surface area contributed by atoms with Gasteiger partial charge in [-0.2, -0.15) is 0 Å². The van der Waals surface area contributed by atoms with E-state index in [0.29, 0.717) is 6.04 Å². The normalized spacial score (nSPS) is 17.1. The summed E-state index contributed by atoms with van der Waals surface area (Å²) in [7, 11) is 1.96. The maximum absolute atomic E-state index is 11.9. The van der Waals surface area contributed by atoms with Crippen LogP contribution in [0.1, 0.15) is 32.1 Å². The second kappa shape index (κ2) is 6.30. The fourth-order valence-electron chi connectivity index (χ4n) is 2.75. The van der Waals surface area contributed by atoms with Gasteiger partial charge in [-0.3, -0.25) is 0 Å². The van der Waals surface area contributed by atoms with Crippen LogP contribution < -0.4 is 15.5 Å². The Morgan fingerprint density at radius 1 is 1.29 bits per heavy atom. The van der Waals surface area contributed by atoms with E-state index in [1.807, 2.05) is 29.8 Å². The predicted molar refractivity (Wildman–Crippen MR) is 84.9 cm³/mol. The lowest BCUT2D eigenvalue weighted by Crippen LogP contribution is -2.41. The van der Waals surface area contributed by atoms with E-state index >= 15 is 0 Å². The van der Waals surface area contributed by atoms with E-state index < -0.39 is 0 Å². The first-order valence-corrected chi connectivity index (χ1v) is 8.20. The summed E-state index contributed by atoms with van der Waals surface area (Å²) in [5, 5.41) is 7.22. The van der Waals surface area contributed by atoms with Crippen LogP contribution in [0.2, 0.25) is 0 Å². The summed E-state index contributed by atoms with van der Waals surface area (Å²) >= 11 is 1.57. The Labute approximate surface area is 127 Å². The number of benzene rings is 1. The molecular formula is C15H20N4OS. The third-order valence-electron chi connectivity index (χ3n) is 3.91. The van der Waals surface area contributed by atoms with Crippen molar-refractivity contribution in [2.75, 3.05) is 0 Å². The SMILES string of the molecule is Cn1/c(=N\NC(=O)NC2CCCCC2)sc2ccccc21. The second-order valence-electron chi connectivity index (χ2n) is 5.44. The number of amides is 2. The molecule has 1 aromatic carbocycles. The summed E-state index contributed by atoms with van der Waals surface area (Å²) in [6.07, 6.45) is 5.83. The van der Waals surface area contributed by atoms with Gasteiger partial charge >= 0.3 is 6.03 Å². The Hall–Kier alpha value is -1.82. The standard InChI is InChI=1S/C15H20N4OS/c1-19-12-9-5-6-10-13(12)21-15(19)18-17-14(20)16-11-7-3-2-4-8-11/h5-6,9-11H,2-4,7-8H2,1H3,(H2,16,17,20)/b18-15+. The zero-order valence-corrected chi connectivity index (χ0v) is 12.9. The number of hydrogen-bond donors (Lipinski definition) is 2. The van der Waals surface area contributed by atoms with Gasteiger partial charge in [0.1, 0.15) is 0 Å². The number of nitrogens with zero attached hydrogens (tertiary/aromatic N) is 2. The molecule has 5 nitrogen and oxygen atoms in total. The third kappa shape index (κ3) is 3.26. The molecule has 0 unspecified atom stereocenters. The minimum atomic E-state index is -0.209. The first-order valence-electron chi connectivity index (χ1n) is 7.39. The van der Waals surface area contributed by atoms with Crippen LogP contribution in [0.15, 0.2) is 29.4 Å². The van der Waals surface area contributed by atoms with Crippen molar-refractivity contribution in [3.05, 3.63) is 29.1 Å². The average Bonchev–Trinajstić information content (AvgIpc) is 2.83. The lowest BCUT2D eigenvalue weighted by atomic mass is 9.96. The van der Waals surface area contributed by atoms with Gasteiger partial charge in [0.15, 0.2) is 0 Å². The number of para-hydroxylation sites is 1. The quantitative estimate of drug-likeness (QED) is 0.823. The molecule has 2 amide bonds. The van der Waals surface area contributed by atoms with E-state index in [9.17, 15) is 4.79 Å². The number of carbonyl (C=O) groups excluding carboxylic acids is 1. The number of aromatic nitrogens is 1. The van der Waals surface area contributed by atoms with Crippen molar-refractivity contribution >= 4 is 27.6 Å². The molecule has 2 N–H and O–H groups in total. The first kappa shape index (κ1) is 14.1. The molecule has 0 saturated heterocycles. The number of hydrogen-bond acceptors (Lipinski definition) is 3. The highest BCUT2D eigenvalue weighted by atomic mass is 32.1. The molecule has 6 heteroatoms. The summed E-state index contributed by atoms with van der Waals surface area (Å²) < 4.78 is 3.15. The predicted octanol–water partition coefficient (Wildman–Crippen LogP) is 2.69. The summed E-state index contributed by atoms with van der Waals surface area (Å²) in [6.45, 7) is 0. The van der Waals surface area contributed by atoms with Crippen molar-refractivity contribution in [2.45, 2.75) is 38.1 Å². The van der Waals surface area contributed by atoms with Gasteiger partial charge in [-0.25, -0.2) is 10.2 Å². The lowest BCUT2D eigenvalue weighted by Gasteiger charge is -2.22. The van der Waals surface area contributed by atoms with E-state index in [0.717, 1.165) is 27.9 Å². The molecule has 1 fully saturated rings. The Morgan fingerprint density at radius 3 is 2.81 bits per heavy atom. The van der Waals surface area contributed by atoms with Gasteiger partial charge in [-0.05, 0) is 25.0 Å². The van der Waals surface area contributed by atoms with Crippen molar-refractivity contribution in [1.82, 2.24) is 15.3 Å². The number of aryl methyl sites for hydroxylation is 1. The van der Waals surface area contributed by atoms with Gasteiger partial charge in [-0.1, -0.05) is 42.7 Å². The largest absolute Gasteiger partial charge is 0.335 e.